The Kier molecular flexibility index (Phi) is 5.40. The van der Waals surface area contributed by atoms with Gasteiger partial charge in [-0.3, -0.25) is 4.79 Å². The van der Waals surface area contributed by atoms with Gasteiger partial charge < -0.3 is 15.3 Å². The topological polar surface area (TPSA) is 65.5 Å². The average molecular weight is 305 g/mol. The van der Waals surface area contributed by atoms with Gasteiger partial charge in [0.1, 0.15) is 5.82 Å². The molecule has 0 aliphatic carbocycles. The number of amides is 1. The van der Waals surface area contributed by atoms with E-state index < -0.39 is 0 Å². The summed E-state index contributed by atoms with van der Waals surface area (Å²) in [5.41, 5.74) is 0.469. The van der Waals surface area contributed by atoms with E-state index in [0.717, 1.165) is 18.9 Å². The van der Waals surface area contributed by atoms with E-state index in [2.05, 4.69) is 36.0 Å². The lowest BCUT2D eigenvalue weighted by Crippen LogP contribution is -2.44. The van der Waals surface area contributed by atoms with Crippen molar-refractivity contribution in [1.29, 1.82) is 0 Å². The fraction of sp³-hybridized carbons (Fsp3) is 0.647. The highest BCUT2D eigenvalue weighted by atomic mass is 16.3. The number of nitrogens with one attached hydrogen (secondary N) is 1. The Hall–Kier alpha value is -1.62. The van der Waals surface area contributed by atoms with Crippen molar-refractivity contribution in [2.24, 2.45) is 5.41 Å². The quantitative estimate of drug-likeness (QED) is 0.875. The highest BCUT2D eigenvalue weighted by Gasteiger charge is 2.26. The van der Waals surface area contributed by atoms with Crippen molar-refractivity contribution in [3.05, 3.63) is 23.9 Å². The predicted octanol–water partition coefficient (Wildman–Crippen LogP) is 2.21. The van der Waals surface area contributed by atoms with Crippen molar-refractivity contribution in [3.8, 4) is 0 Å². The standard InChI is InChI=1S/C17H27N3O2/c1-17(2,3)14(8-11-21)19-16(22)13-6-7-15(18-12-13)20-9-4-5-10-20/h6-7,12,14,21H,4-5,8-11H2,1-3H3,(H,19,22). The van der Waals surface area contributed by atoms with Crippen LogP contribution in [0.2, 0.25) is 0 Å². The third-order valence-corrected chi connectivity index (χ3v) is 4.21. The minimum Gasteiger partial charge on any atom is -0.396 e. The van der Waals surface area contributed by atoms with Crippen LogP contribution < -0.4 is 10.2 Å². The zero-order chi connectivity index (χ0) is 16.2. The number of nitrogens with zero attached hydrogens (tertiary/aromatic N) is 2. The first-order valence-electron chi connectivity index (χ1n) is 8.04. The number of rotatable bonds is 5. The first kappa shape index (κ1) is 16.7. The fourth-order valence-corrected chi connectivity index (χ4v) is 2.75. The molecule has 122 valence electrons. The van der Waals surface area contributed by atoms with Crippen molar-refractivity contribution in [3.63, 3.8) is 0 Å². The molecule has 0 saturated carbocycles. The summed E-state index contributed by atoms with van der Waals surface area (Å²) in [7, 11) is 0. The molecule has 1 unspecified atom stereocenters. The first-order chi connectivity index (χ1) is 10.4. The monoisotopic (exact) mass is 305 g/mol. The van der Waals surface area contributed by atoms with Gasteiger partial charge in [-0.05, 0) is 36.8 Å². The molecule has 1 aromatic rings. The molecular weight excluding hydrogens is 278 g/mol. The lowest BCUT2D eigenvalue weighted by molar-refractivity contribution is 0.0885. The van der Waals surface area contributed by atoms with Gasteiger partial charge in [0.15, 0.2) is 0 Å². The SMILES string of the molecule is CC(C)(C)C(CCO)NC(=O)c1ccc(N2CCCC2)nc1. The molecule has 0 aromatic carbocycles. The van der Waals surface area contributed by atoms with E-state index in [1.807, 2.05) is 12.1 Å². The van der Waals surface area contributed by atoms with Gasteiger partial charge in [0.2, 0.25) is 0 Å². The molecule has 0 bridgehead atoms. The van der Waals surface area contributed by atoms with Crippen LogP contribution in [0.25, 0.3) is 0 Å². The van der Waals surface area contributed by atoms with Crippen molar-refractivity contribution in [1.82, 2.24) is 10.3 Å². The van der Waals surface area contributed by atoms with Crippen molar-refractivity contribution in [2.75, 3.05) is 24.6 Å². The van der Waals surface area contributed by atoms with Gasteiger partial charge in [-0.1, -0.05) is 20.8 Å². The Morgan fingerprint density at radius 2 is 2.05 bits per heavy atom. The number of pyridine rings is 1. The molecule has 1 aliphatic heterocycles. The fourth-order valence-electron chi connectivity index (χ4n) is 2.75. The van der Waals surface area contributed by atoms with E-state index in [9.17, 15) is 9.90 Å². The molecule has 5 nitrogen and oxygen atoms in total. The summed E-state index contributed by atoms with van der Waals surface area (Å²) >= 11 is 0. The largest absolute Gasteiger partial charge is 0.396 e. The van der Waals surface area contributed by atoms with Crippen LogP contribution in [0.15, 0.2) is 18.3 Å². The Balaban J connectivity index is 2.02. The van der Waals surface area contributed by atoms with Gasteiger partial charge in [0.25, 0.3) is 5.91 Å². The number of aromatic nitrogens is 1. The molecule has 0 radical (unpaired) electrons. The lowest BCUT2D eigenvalue weighted by Gasteiger charge is -2.31. The Morgan fingerprint density at radius 1 is 1.36 bits per heavy atom. The summed E-state index contributed by atoms with van der Waals surface area (Å²) in [6, 6.07) is 3.68. The second-order valence-electron chi connectivity index (χ2n) is 7.00. The number of carbonyl (C=O) groups excluding carboxylic acids is 1. The summed E-state index contributed by atoms with van der Waals surface area (Å²) in [5.74, 6) is 0.811. The van der Waals surface area contributed by atoms with Crippen molar-refractivity contribution in [2.45, 2.75) is 46.1 Å². The maximum Gasteiger partial charge on any atom is 0.253 e. The number of anilines is 1. The van der Waals surface area contributed by atoms with Gasteiger partial charge in [-0.2, -0.15) is 0 Å². The van der Waals surface area contributed by atoms with Crippen LogP contribution in [0, 0.1) is 5.41 Å². The molecule has 1 saturated heterocycles. The highest BCUT2D eigenvalue weighted by Crippen LogP contribution is 2.22. The molecule has 0 spiro atoms. The molecule has 1 fully saturated rings. The van der Waals surface area contributed by atoms with Gasteiger partial charge in [-0.25, -0.2) is 4.98 Å². The van der Waals surface area contributed by atoms with Gasteiger partial charge in [0.05, 0.1) is 5.56 Å². The second-order valence-corrected chi connectivity index (χ2v) is 7.00. The molecule has 22 heavy (non-hydrogen) atoms. The maximum atomic E-state index is 12.4. The number of aliphatic hydroxyl groups is 1. The lowest BCUT2D eigenvalue weighted by atomic mass is 9.85. The molecule has 5 heteroatoms. The molecule has 2 heterocycles. The minimum absolute atomic E-state index is 0.0639. The van der Waals surface area contributed by atoms with Crippen molar-refractivity contribution >= 4 is 11.7 Å². The zero-order valence-corrected chi connectivity index (χ0v) is 13.8. The van der Waals surface area contributed by atoms with Crippen LogP contribution in [-0.2, 0) is 0 Å². The van der Waals surface area contributed by atoms with Gasteiger partial charge in [-0.15, -0.1) is 0 Å². The van der Waals surface area contributed by atoms with Crippen LogP contribution in [0.1, 0.15) is 50.4 Å². The Bertz CT molecular complexity index is 488. The van der Waals surface area contributed by atoms with Crippen LogP contribution in [-0.4, -0.2) is 41.7 Å². The third kappa shape index (κ3) is 4.19. The maximum absolute atomic E-state index is 12.4. The van der Waals surface area contributed by atoms with Gasteiger partial charge >= 0.3 is 0 Å². The van der Waals surface area contributed by atoms with E-state index in [4.69, 9.17) is 0 Å². The second kappa shape index (κ2) is 7.09. The number of carbonyl (C=O) groups is 1. The summed E-state index contributed by atoms with van der Waals surface area (Å²) in [5, 5.41) is 12.2. The molecule has 1 aliphatic rings. The number of aliphatic hydroxyl groups excluding tert-OH is 1. The van der Waals surface area contributed by atoms with E-state index in [1.165, 1.54) is 12.8 Å². The normalized spacial score (nSPS) is 16.6. The van der Waals surface area contributed by atoms with Crippen LogP contribution in [0.4, 0.5) is 5.82 Å². The summed E-state index contributed by atoms with van der Waals surface area (Å²) < 4.78 is 0. The molecule has 2 rings (SSSR count). The Morgan fingerprint density at radius 3 is 2.55 bits per heavy atom. The molecular formula is C17H27N3O2. The number of hydrogen-bond donors (Lipinski definition) is 2. The smallest absolute Gasteiger partial charge is 0.253 e. The molecule has 1 amide bonds. The van der Waals surface area contributed by atoms with E-state index >= 15 is 0 Å². The number of hydrogen-bond acceptors (Lipinski definition) is 4. The zero-order valence-electron chi connectivity index (χ0n) is 13.8. The minimum atomic E-state index is -0.131. The summed E-state index contributed by atoms with van der Waals surface area (Å²) in [4.78, 5) is 19.0. The third-order valence-electron chi connectivity index (χ3n) is 4.21. The predicted molar refractivity (Wildman–Crippen MR) is 88.1 cm³/mol. The van der Waals surface area contributed by atoms with Crippen molar-refractivity contribution < 1.29 is 9.90 Å². The van der Waals surface area contributed by atoms with Crippen LogP contribution in [0.3, 0.4) is 0 Å². The first-order valence-corrected chi connectivity index (χ1v) is 8.04. The summed E-state index contributed by atoms with van der Waals surface area (Å²) in [6.45, 7) is 8.32. The van der Waals surface area contributed by atoms with Crippen LogP contribution >= 0.6 is 0 Å². The van der Waals surface area contributed by atoms with Crippen LogP contribution in [0.5, 0.6) is 0 Å². The summed E-state index contributed by atoms with van der Waals surface area (Å²) in [6.07, 6.45) is 4.60. The van der Waals surface area contributed by atoms with Gasteiger partial charge in [0, 0.05) is 31.9 Å². The molecule has 2 N–H and O–H groups in total. The van der Waals surface area contributed by atoms with E-state index in [0.29, 0.717) is 12.0 Å². The average Bonchev–Trinajstić information content (AvgIpc) is 3.00. The molecule has 1 aromatic heterocycles. The highest BCUT2D eigenvalue weighted by molar-refractivity contribution is 5.94. The van der Waals surface area contributed by atoms with E-state index in [1.54, 1.807) is 6.20 Å². The van der Waals surface area contributed by atoms with E-state index in [-0.39, 0.29) is 24.0 Å². The molecule has 1 atom stereocenters. The Labute approximate surface area is 132 Å².